The molecule has 0 bridgehead atoms. The predicted molar refractivity (Wildman–Crippen MR) is 90.1 cm³/mol. The van der Waals surface area contributed by atoms with E-state index in [9.17, 15) is 4.79 Å². The van der Waals surface area contributed by atoms with Crippen molar-refractivity contribution >= 4 is 5.91 Å². The number of rotatable bonds is 3. The van der Waals surface area contributed by atoms with Crippen LogP contribution < -0.4 is 0 Å². The number of hydrogen-bond acceptors (Lipinski definition) is 2. The maximum Gasteiger partial charge on any atom is 0.223 e. The van der Waals surface area contributed by atoms with E-state index < -0.39 is 0 Å². The van der Waals surface area contributed by atoms with Crippen LogP contribution in [0.1, 0.15) is 52.2 Å². The molecule has 0 radical (unpaired) electrons. The van der Waals surface area contributed by atoms with Crippen LogP contribution in [-0.4, -0.2) is 36.1 Å². The molecule has 2 rings (SSSR count). The molecule has 0 spiro atoms. The second-order valence-corrected chi connectivity index (χ2v) is 7.48. The van der Waals surface area contributed by atoms with E-state index in [1.54, 1.807) is 0 Å². The highest BCUT2D eigenvalue weighted by atomic mass is 16.5. The van der Waals surface area contributed by atoms with Crippen molar-refractivity contribution in [1.29, 1.82) is 0 Å². The Morgan fingerprint density at radius 1 is 1.14 bits per heavy atom. The normalized spacial score (nSPS) is 22.7. The van der Waals surface area contributed by atoms with E-state index in [1.165, 1.54) is 11.1 Å². The molecule has 0 aromatic heterocycles. The number of aryl methyl sites for hydroxylation is 1. The van der Waals surface area contributed by atoms with Crippen molar-refractivity contribution in [3.8, 4) is 0 Å². The minimum Gasteiger partial charge on any atom is -0.377 e. The molecule has 1 amide bonds. The van der Waals surface area contributed by atoms with Crippen LogP contribution in [0.5, 0.6) is 0 Å². The van der Waals surface area contributed by atoms with Crippen molar-refractivity contribution in [2.45, 2.75) is 65.0 Å². The summed E-state index contributed by atoms with van der Waals surface area (Å²) in [5, 5.41) is 0. The third-order valence-corrected chi connectivity index (χ3v) is 4.40. The Morgan fingerprint density at radius 2 is 1.68 bits per heavy atom. The third-order valence-electron chi connectivity index (χ3n) is 4.40. The van der Waals surface area contributed by atoms with E-state index in [1.807, 2.05) is 4.90 Å². The summed E-state index contributed by atoms with van der Waals surface area (Å²) in [7, 11) is 0. The van der Waals surface area contributed by atoms with Crippen LogP contribution in [0.15, 0.2) is 24.3 Å². The molecule has 1 saturated heterocycles. The number of carbonyl (C=O) groups is 1. The fourth-order valence-corrected chi connectivity index (χ4v) is 3.05. The first kappa shape index (κ1) is 17.0. The van der Waals surface area contributed by atoms with Gasteiger partial charge in [-0.2, -0.15) is 0 Å². The summed E-state index contributed by atoms with van der Waals surface area (Å²) in [6.45, 7) is 12.1. The summed E-state index contributed by atoms with van der Waals surface area (Å²) >= 11 is 0. The summed E-state index contributed by atoms with van der Waals surface area (Å²) < 4.78 is 5.49. The van der Waals surface area contributed by atoms with Crippen molar-refractivity contribution in [3.63, 3.8) is 0 Å². The standard InChI is InChI=1S/C19H29NO2/c1-14-12-22-13-15(2)20(14)18(21)11-8-16-6-9-17(10-7-16)19(3,4)5/h6-7,9-10,14-15H,8,11-13H2,1-5H3. The van der Waals surface area contributed by atoms with E-state index in [-0.39, 0.29) is 23.4 Å². The average molecular weight is 303 g/mol. The van der Waals surface area contributed by atoms with E-state index in [4.69, 9.17) is 4.74 Å². The van der Waals surface area contributed by atoms with Gasteiger partial charge in [-0.3, -0.25) is 4.79 Å². The largest absolute Gasteiger partial charge is 0.377 e. The van der Waals surface area contributed by atoms with Gasteiger partial charge in [-0.1, -0.05) is 45.0 Å². The number of carbonyl (C=O) groups excluding carboxylic acids is 1. The molecule has 1 aromatic rings. The Morgan fingerprint density at radius 3 is 2.18 bits per heavy atom. The number of nitrogens with zero attached hydrogens (tertiary/aromatic N) is 1. The molecule has 0 N–H and O–H groups in total. The molecule has 3 nitrogen and oxygen atoms in total. The van der Waals surface area contributed by atoms with Crippen molar-refractivity contribution in [1.82, 2.24) is 4.90 Å². The number of morpholine rings is 1. The van der Waals surface area contributed by atoms with Crippen molar-refractivity contribution < 1.29 is 9.53 Å². The van der Waals surface area contributed by atoms with Crippen LogP contribution in [-0.2, 0) is 21.4 Å². The summed E-state index contributed by atoms with van der Waals surface area (Å²) in [6, 6.07) is 9.03. The maximum atomic E-state index is 12.5. The van der Waals surface area contributed by atoms with Gasteiger partial charge in [0.15, 0.2) is 0 Å². The highest BCUT2D eigenvalue weighted by Crippen LogP contribution is 2.23. The van der Waals surface area contributed by atoms with Crippen molar-refractivity contribution in [2.24, 2.45) is 0 Å². The van der Waals surface area contributed by atoms with Crippen LogP contribution in [0.3, 0.4) is 0 Å². The van der Waals surface area contributed by atoms with Gasteiger partial charge in [-0.25, -0.2) is 0 Å². The highest BCUT2D eigenvalue weighted by Gasteiger charge is 2.29. The summed E-state index contributed by atoms with van der Waals surface area (Å²) in [4.78, 5) is 14.5. The minimum absolute atomic E-state index is 0.174. The first-order valence-electron chi connectivity index (χ1n) is 8.27. The lowest BCUT2D eigenvalue weighted by atomic mass is 9.86. The lowest BCUT2D eigenvalue weighted by Gasteiger charge is -2.39. The Labute approximate surface area is 134 Å². The molecular formula is C19H29NO2. The molecule has 1 fully saturated rings. The molecule has 0 aliphatic carbocycles. The molecule has 122 valence electrons. The quantitative estimate of drug-likeness (QED) is 0.854. The van der Waals surface area contributed by atoms with Gasteiger partial charge in [0.05, 0.1) is 25.3 Å². The fraction of sp³-hybridized carbons (Fsp3) is 0.632. The van der Waals surface area contributed by atoms with Crippen LogP contribution >= 0.6 is 0 Å². The van der Waals surface area contributed by atoms with Gasteiger partial charge in [-0.05, 0) is 36.8 Å². The maximum absolute atomic E-state index is 12.5. The van der Waals surface area contributed by atoms with Gasteiger partial charge in [-0.15, -0.1) is 0 Å². The molecule has 1 heterocycles. The van der Waals surface area contributed by atoms with Crippen molar-refractivity contribution in [3.05, 3.63) is 35.4 Å². The average Bonchev–Trinajstić information content (AvgIpc) is 2.44. The van der Waals surface area contributed by atoms with Gasteiger partial charge < -0.3 is 9.64 Å². The number of amides is 1. The SMILES string of the molecule is CC1COCC(C)N1C(=O)CCc1ccc(C(C)(C)C)cc1. The van der Waals surface area contributed by atoms with Crippen LogP contribution in [0.2, 0.25) is 0 Å². The zero-order valence-corrected chi connectivity index (χ0v) is 14.6. The highest BCUT2D eigenvalue weighted by molar-refractivity contribution is 5.77. The molecule has 2 atom stereocenters. The molecule has 1 aliphatic heterocycles. The fourth-order valence-electron chi connectivity index (χ4n) is 3.05. The first-order valence-corrected chi connectivity index (χ1v) is 8.27. The summed E-state index contributed by atoms with van der Waals surface area (Å²) in [5.74, 6) is 0.239. The zero-order chi connectivity index (χ0) is 16.3. The smallest absolute Gasteiger partial charge is 0.223 e. The van der Waals surface area contributed by atoms with Gasteiger partial charge in [0.2, 0.25) is 5.91 Å². The van der Waals surface area contributed by atoms with Gasteiger partial charge in [0.25, 0.3) is 0 Å². The van der Waals surface area contributed by atoms with E-state index in [0.29, 0.717) is 19.6 Å². The molecule has 3 heteroatoms. The second-order valence-electron chi connectivity index (χ2n) is 7.48. The van der Waals surface area contributed by atoms with Gasteiger partial charge in [0.1, 0.15) is 0 Å². The van der Waals surface area contributed by atoms with Crippen LogP contribution in [0, 0.1) is 0 Å². The molecule has 1 aliphatic rings. The number of benzene rings is 1. The molecule has 0 saturated carbocycles. The Kier molecular flexibility index (Phi) is 5.28. The van der Waals surface area contributed by atoms with Gasteiger partial charge in [0, 0.05) is 6.42 Å². The summed E-state index contributed by atoms with van der Waals surface area (Å²) in [6.07, 6.45) is 1.38. The Hall–Kier alpha value is -1.35. The predicted octanol–water partition coefficient (Wildman–Crippen LogP) is 3.55. The Balaban J connectivity index is 1.93. The van der Waals surface area contributed by atoms with Crippen LogP contribution in [0.25, 0.3) is 0 Å². The van der Waals surface area contributed by atoms with E-state index >= 15 is 0 Å². The molecule has 22 heavy (non-hydrogen) atoms. The lowest BCUT2D eigenvalue weighted by Crippen LogP contribution is -2.52. The Bertz CT molecular complexity index is 491. The molecule has 1 aromatic carbocycles. The first-order chi connectivity index (χ1) is 10.3. The van der Waals surface area contributed by atoms with Gasteiger partial charge >= 0.3 is 0 Å². The molecule has 2 unspecified atom stereocenters. The number of hydrogen-bond donors (Lipinski definition) is 0. The molecular weight excluding hydrogens is 274 g/mol. The number of ether oxygens (including phenoxy) is 1. The second kappa shape index (κ2) is 6.82. The zero-order valence-electron chi connectivity index (χ0n) is 14.6. The van der Waals surface area contributed by atoms with Crippen molar-refractivity contribution in [2.75, 3.05) is 13.2 Å². The van der Waals surface area contributed by atoms with Crippen LogP contribution in [0.4, 0.5) is 0 Å². The monoisotopic (exact) mass is 303 g/mol. The minimum atomic E-state index is 0.174. The third kappa shape index (κ3) is 4.10. The summed E-state index contributed by atoms with van der Waals surface area (Å²) in [5.41, 5.74) is 2.74. The van der Waals surface area contributed by atoms with E-state index in [0.717, 1.165) is 6.42 Å². The van der Waals surface area contributed by atoms with E-state index in [2.05, 4.69) is 58.9 Å². The lowest BCUT2D eigenvalue weighted by molar-refractivity contribution is -0.144. The topological polar surface area (TPSA) is 29.5 Å².